The zero-order valence-corrected chi connectivity index (χ0v) is 11.3. The minimum absolute atomic E-state index is 0.697. The summed E-state index contributed by atoms with van der Waals surface area (Å²) in [5, 5.41) is 4.77. The number of hydrogen-bond donors (Lipinski definition) is 1. The van der Waals surface area contributed by atoms with E-state index in [1.54, 1.807) is 7.11 Å². The minimum atomic E-state index is 0.697. The fraction of sp³-hybridized carbons (Fsp3) is 0.438. The number of ether oxygens (including phenoxy) is 1. The highest BCUT2D eigenvalue weighted by molar-refractivity contribution is 5.82. The first-order valence-corrected chi connectivity index (χ1v) is 6.93. The Balaban J connectivity index is 1.66. The van der Waals surface area contributed by atoms with Crippen molar-refractivity contribution in [2.75, 3.05) is 26.8 Å². The van der Waals surface area contributed by atoms with Crippen molar-refractivity contribution in [3.05, 3.63) is 42.1 Å². The number of fused-ring (bicyclic) bond motifs is 1. The fourth-order valence-electron chi connectivity index (χ4n) is 2.76. The van der Waals surface area contributed by atoms with Crippen LogP contribution in [0, 0.1) is 5.92 Å². The van der Waals surface area contributed by atoms with Crippen LogP contribution in [0.2, 0.25) is 0 Å². The van der Waals surface area contributed by atoms with Gasteiger partial charge in [-0.2, -0.15) is 0 Å². The second-order valence-corrected chi connectivity index (χ2v) is 5.22. The Morgan fingerprint density at radius 2 is 2.21 bits per heavy atom. The van der Waals surface area contributed by atoms with Gasteiger partial charge in [0.05, 0.1) is 12.1 Å². The van der Waals surface area contributed by atoms with Gasteiger partial charge in [-0.15, -0.1) is 0 Å². The lowest BCUT2D eigenvalue weighted by molar-refractivity contribution is 0.199. The highest BCUT2D eigenvalue weighted by atomic mass is 16.5. The van der Waals surface area contributed by atoms with Crippen LogP contribution < -0.4 is 5.32 Å². The van der Waals surface area contributed by atoms with Crippen molar-refractivity contribution in [3.63, 3.8) is 0 Å². The molecule has 0 spiro atoms. The smallest absolute Gasteiger partial charge is 0.0704 e. The Morgan fingerprint density at radius 1 is 1.32 bits per heavy atom. The molecule has 1 aromatic carbocycles. The first-order chi connectivity index (χ1) is 9.40. The molecule has 1 aliphatic carbocycles. The van der Waals surface area contributed by atoms with E-state index in [0.29, 0.717) is 5.92 Å². The van der Waals surface area contributed by atoms with E-state index >= 15 is 0 Å². The molecular formula is C16H20N2O. The molecule has 3 nitrogen and oxygen atoms in total. The number of pyridine rings is 1. The molecule has 2 aromatic rings. The van der Waals surface area contributed by atoms with Crippen molar-refractivity contribution in [2.24, 2.45) is 5.92 Å². The Labute approximate surface area is 114 Å². The molecule has 3 heteroatoms. The summed E-state index contributed by atoms with van der Waals surface area (Å²) in [6, 6.07) is 10.6. The molecule has 2 atom stereocenters. The van der Waals surface area contributed by atoms with Crippen LogP contribution in [0.4, 0.5) is 0 Å². The number of benzene rings is 1. The lowest BCUT2D eigenvalue weighted by atomic mass is 10.0. The van der Waals surface area contributed by atoms with Gasteiger partial charge < -0.3 is 10.1 Å². The van der Waals surface area contributed by atoms with Crippen molar-refractivity contribution in [3.8, 4) is 0 Å². The summed E-state index contributed by atoms with van der Waals surface area (Å²) in [6.45, 7) is 2.82. The lowest BCUT2D eigenvalue weighted by Gasteiger charge is -2.06. The Hall–Kier alpha value is -1.45. The predicted octanol–water partition coefficient (Wildman–Crippen LogP) is 2.57. The van der Waals surface area contributed by atoms with E-state index in [0.717, 1.165) is 31.1 Å². The average molecular weight is 256 g/mol. The predicted molar refractivity (Wildman–Crippen MR) is 77.3 cm³/mol. The summed E-state index contributed by atoms with van der Waals surface area (Å²) in [5.41, 5.74) is 2.57. The Morgan fingerprint density at radius 3 is 3.11 bits per heavy atom. The largest absolute Gasteiger partial charge is 0.383 e. The molecule has 0 bridgehead atoms. The van der Waals surface area contributed by atoms with E-state index in [-0.39, 0.29) is 0 Å². The van der Waals surface area contributed by atoms with E-state index < -0.39 is 0 Å². The van der Waals surface area contributed by atoms with Crippen LogP contribution >= 0.6 is 0 Å². The molecule has 1 aliphatic rings. The normalized spacial score (nSPS) is 21.7. The minimum Gasteiger partial charge on any atom is -0.383 e. The molecule has 1 heterocycles. The average Bonchev–Trinajstić information content (AvgIpc) is 3.22. The third-order valence-corrected chi connectivity index (χ3v) is 3.89. The third kappa shape index (κ3) is 2.77. The second kappa shape index (κ2) is 5.68. The number of para-hydroxylation sites is 1. The van der Waals surface area contributed by atoms with Crippen molar-refractivity contribution >= 4 is 10.9 Å². The summed E-state index contributed by atoms with van der Waals surface area (Å²) in [6.07, 6.45) is 3.22. The van der Waals surface area contributed by atoms with Crippen molar-refractivity contribution in [1.29, 1.82) is 0 Å². The molecule has 1 saturated carbocycles. The van der Waals surface area contributed by atoms with Gasteiger partial charge in [-0.1, -0.05) is 18.2 Å². The molecule has 1 fully saturated rings. The number of rotatable bonds is 6. The topological polar surface area (TPSA) is 34.1 Å². The highest BCUT2D eigenvalue weighted by Crippen LogP contribution is 2.48. The quantitative estimate of drug-likeness (QED) is 0.807. The lowest BCUT2D eigenvalue weighted by Crippen LogP contribution is -2.21. The van der Waals surface area contributed by atoms with Gasteiger partial charge in [-0.25, -0.2) is 0 Å². The van der Waals surface area contributed by atoms with Gasteiger partial charge in [-0.05, 0) is 42.5 Å². The molecule has 3 rings (SSSR count). The van der Waals surface area contributed by atoms with Crippen LogP contribution in [-0.2, 0) is 4.74 Å². The molecule has 0 radical (unpaired) electrons. The van der Waals surface area contributed by atoms with Gasteiger partial charge in [-0.3, -0.25) is 4.98 Å². The fourth-order valence-corrected chi connectivity index (χ4v) is 2.76. The highest BCUT2D eigenvalue weighted by Gasteiger charge is 2.38. The van der Waals surface area contributed by atoms with Crippen LogP contribution in [-0.4, -0.2) is 31.8 Å². The Kier molecular flexibility index (Phi) is 3.76. The summed E-state index contributed by atoms with van der Waals surface area (Å²) in [7, 11) is 1.74. The zero-order chi connectivity index (χ0) is 13.1. The molecule has 0 saturated heterocycles. The van der Waals surface area contributed by atoms with Crippen LogP contribution in [0.25, 0.3) is 10.9 Å². The summed E-state index contributed by atoms with van der Waals surface area (Å²) < 4.78 is 5.04. The molecule has 1 N–H and O–H groups in total. The van der Waals surface area contributed by atoms with Gasteiger partial charge in [0.15, 0.2) is 0 Å². The maximum absolute atomic E-state index is 5.04. The number of nitrogens with one attached hydrogen (secondary N) is 1. The van der Waals surface area contributed by atoms with E-state index in [4.69, 9.17) is 4.74 Å². The van der Waals surface area contributed by atoms with Gasteiger partial charge >= 0.3 is 0 Å². The van der Waals surface area contributed by atoms with Crippen LogP contribution in [0.3, 0.4) is 0 Å². The first-order valence-electron chi connectivity index (χ1n) is 6.93. The molecule has 19 heavy (non-hydrogen) atoms. The summed E-state index contributed by atoms with van der Waals surface area (Å²) >= 11 is 0. The number of aromatic nitrogens is 1. The standard InChI is InChI=1S/C16H20N2O/c1-19-9-8-17-11-12-10-15(12)13-6-7-18-16-5-3-2-4-14(13)16/h2-7,12,15,17H,8-11H2,1H3. The van der Waals surface area contributed by atoms with Gasteiger partial charge in [0.2, 0.25) is 0 Å². The van der Waals surface area contributed by atoms with Gasteiger partial charge in [0, 0.05) is 25.2 Å². The maximum Gasteiger partial charge on any atom is 0.0704 e. The van der Waals surface area contributed by atoms with Gasteiger partial charge in [0.25, 0.3) is 0 Å². The van der Waals surface area contributed by atoms with E-state index in [1.165, 1.54) is 17.4 Å². The van der Waals surface area contributed by atoms with E-state index in [1.807, 2.05) is 6.20 Å². The number of nitrogens with zero attached hydrogens (tertiary/aromatic N) is 1. The molecule has 2 unspecified atom stereocenters. The second-order valence-electron chi connectivity index (χ2n) is 5.22. The molecule has 0 amide bonds. The third-order valence-electron chi connectivity index (χ3n) is 3.89. The monoisotopic (exact) mass is 256 g/mol. The summed E-state index contributed by atoms with van der Waals surface area (Å²) in [4.78, 5) is 4.43. The maximum atomic E-state index is 5.04. The van der Waals surface area contributed by atoms with Gasteiger partial charge in [0.1, 0.15) is 0 Å². The van der Waals surface area contributed by atoms with Crippen LogP contribution in [0.1, 0.15) is 17.9 Å². The SMILES string of the molecule is COCCNCC1CC1c1ccnc2ccccc12. The first kappa shape index (κ1) is 12.6. The molecule has 1 aromatic heterocycles. The Bertz CT molecular complexity index is 550. The summed E-state index contributed by atoms with van der Waals surface area (Å²) in [5.74, 6) is 1.46. The molecular weight excluding hydrogens is 236 g/mol. The molecule has 100 valence electrons. The number of hydrogen-bond acceptors (Lipinski definition) is 3. The molecule has 0 aliphatic heterocycles. The van der Waals surface area contributed by atoms with Crippen molar-refractivity contribution in [1.82, 2.24) is 10.3 Å². The van der Waals surface area contributed by atoms with Crippen LogP contribution in [0.5, 0.6) is 0 Å². The van der Waals surface area contributed by atoms with E-state index in [9.17, 15) is 0 Å². The van der Waals surface area contributed by atoms with Crippen LogP contribution in [0.15, 0.2) is 36.5 Å². The zero-order valence-electron chi connectivity index (χ0n) is 11.3. The van der Waals surface area contributed by atoms with Crippen molar-refractivity contribution < 1.29 is 4.74 Å². The van der Waals surface area contributed by atoms with Crippen molar-refractivity contribution in [2.45, 2.75) is 12.3 Å². The van der Waals surface area contributed by atoms with E-state index in [2.05, 4.69) is 40.6 Å². The number of methoxy groups -OCH3 is 1.